The Morgan fingerprint density at radius 3 is 2.00 bits per heavy atom. The van der Waals surface area contributed by atoms with Crippen molar-refractivity contribution in [2.75, 3.05) is 20.1 Å². The Bertz CT molecular complexity index is 307. The first-order valence-corrected chi connectivity index (χ1v) is 6.87. The van der Waals surface area contributed by atoms with Gasteiger partial charge in [-0.1, -0.05) is 6.92 Å². The molecule has 16 heavy (non-hydrogen) atoms. The van der Waals surface area contributed by atoms with Gasteiger partial charge >= 0.3 is 0 Å². The Morgan fingerprint density at radius 2 is 1.75 bits per heavy atom. The molecule has 0 aromatic carbocycles. The van der Waals surface area contributed by atoms with Gasteiger partial charge in [-0.3, -0.25) is 0 Å². The standard InChI is InChI=1S/C10H24N2O3S/c1-7-12(8-10(4,5)13)16(14,15)11(6)9(2)3/h9,13H,7-8H2,1-6H3. The molecule has 0 saturated heterocycles. The van der Waals surface area contributed by atoms with E-state index in [1.807, 2.05) is 13.8 Å². The fraction of sp³-hybridized carbons (Fsp3) is 1.00. The first-order valence-electron chi connectivity index (χ1n) is 5.48. The van der Waals surface area contributed by atoms with Crippen molar-refractivity contribution in [3.05, 3.63) is 0 Å². The summed E-state index contributed by atoms with van der Waals surface area (Å²) >= 11 is 0. The summed E-state index contributed by atoms with van der Waals surface area (Å²) in [6, 6.07) is -0.0964. The van der Waals surface area contributed by atoms with Crippen LogP contribution in [0.4, 0.5) is 0 Å². The molecule has 98 valence electrons. The van der Waals surface area contributed by atoms with E-state index in [-0.39, 0.29) is 12.6 Å². The summed E-state index contributed by atoms with van der Waals surface area (Å²) in [6.45, 7) is 9.04. The van der Waals surface area contributed by atoms with Crippen molar-refractivity contribution >= 4 is 10.2 Å². The zero-order chi connectivity index (χ0) is 13.1. The van der Waals surface area contributed by atoms with E-state index >= 15 is 0 Å². The highest BCUT2D eigenvalue weighted by Gasteiger charge is 2.31. The summed E-state index contributed by atoms with van der Waals surface area (Å²) in [5.74, 6) is 0. The van der Waals surface area contributed by atoms with Crippen LogP contribution < -0.4 is 0 Å². The highest BCUT2D eigenvalue weighted by atomic mass is 32.2. The van der Waals surface area contributed by atoms with Gasteiger partial charge in [0.2, 0.25) is 0 Å². The monoisotopic (exact) mass is 252 g/mol. The first kappa shape index (κ1) is 15.8. The molecule has 0 rings (SSSR count). The zero-order valence-electron chi connectivity index (χ0n) is 11.1. The molecule has 0 aromatic heterocycles. The normalized spacial score (nSPS) is 14.1. The molecule has 0 spiro atoms. The van der Waals surface area contributed by atoms with Crippen molar-refractivity contribution in [2.45, 2.75) is 46.3 Å². The molecule has 0 aliphatic heterocycles. The summed E-state index contributed by atoms with van der Waals surface area (Å²) < 4.78 is 26.8. The van der Waals surface area contributed by atoms with Crippen LogP contribution in [0.5, 0.6) is 0 Å². The van der Waals surface area contributed by atoms with Crippen molar-refractivity contribution in [2.24, 2.45) is 0 Å². The molecule has 0 heterocycles. The average molecular weight is 252 g/mol. The summed E-state index contributed by atoms with van der Waals surface area (Å²) in [7, 11) is -1.93. The lowest BCUT2D eigenvalue weighted by atomic mass is 10.1. The van der Waals surface area contributed by atoms with Crippen LogP contribution in [0.2, 0.25) is 0 Å². The highest BCUT2D eigenvalue weighted by molar-refractivity contribution is 7.86. The molecule has 0 unspecified atom stereocenters. The maximum Gasteiger partial charge on any atom is 0.282 e. The fourth-order valence-electron chi connectivity index (χ4n) is 1.24. The molecular weight excluding hydrogens is 228 g/mol. The number of nitrogens with zero attached hydrogens (tertiary/aromatic N) is 2. The Balaban J connectivity index is 4.96. The van der Waals surface area contributed by atoms with Gasteiger partial charge in [0.15, 0.2) is 0 Å². The van der Waals surface area contributed by atoms with Gasteiger partial charge in [0.05, 0.1) is 5.60 Å². The Hall–Kier alpha value is -0.170. The van der Waals surface area contributed by atoms with E-state index in [1.165, 1.54) is 8.61 Å². The number of likely N-dealkylation sites (N-methyl/N-ethyl adjacent to an activating group) is 1. The molecule has 0 aromatic rings. The van der Waals surface area contributed by atoms with E-state index in [0.717, 1.165) is 0 Å². The first-order chi connectivity index (χ1) is 7.02. The Morgan fingerprint density at radius 1 is 1.31 bits per heavy atom. The summed E-state index contributed by atoms with van der Waals surface area (Å²) in [5, 5.41) is 9.68. The van der Waals surface area contributed by atoms with Crippen LogP contribution in [0.1, 0.15) is 34.6 Å². The predicted molar refractivity (Wildman–Crippen MR) is 65.4 cm³/mol. The van der Waals surface area contributed by atoms with Crippen LogP contribution in [-0.2, 0) is 10.2 Å². The van der Waals surface area contributed by atoms with E-state index < -0.39 is 15.8 Å². The molecule has 0 bridgehead atoms. The number of hydrogen-bond donors (Lipinski definition) is 1. The molecule has 6 heteroatoms. The molecule has 0 fully saturated rings. The number of hydrogen-bond acceptors (Lipinski definition) is 3. The van der Waals surface area contributed by atoms with E-state index in [2.05, 4.69) is 0 Å². The van der Waals surface area contributed by atoms with Gasteiger partial charge in [0, 0.05) is 26.2 Å². The zero-order valence-corrected chi connectivity index (χ0v) is 11.9. The quantitative estimate of drug-likeness (QED) is 0.755. The smallest absolute Gasteiger partial charge is 0.282 e. The summed E-state index contributed by atoms with van der Waals surface area (Å²) in [5.41, 5.74) is -1.03. The molecule has 0 saturated carbocycles. The van der Waals surface area contributed by atoms with Crippen molar-refractivity contribution in [3.63, 3.8) is 0 Å². The van der Waals surface area contributed by atoms with Gasteiger partial charge in [0.1, 0.15) is 0 Å². The second-order valence-electron chi connectivity index (χ2n) is 4.86. The number of rotatable bonds is 6. The van der Waals surface area contributed by atoms with Crippen LogP contribution in [-0.4, -0.2) is 53.9 Å². The van der Waals surface area contributed by atoms with Crippen LogP contribution in [0.15, 0.2) is 0 Å². The SMILES string of the molecule is CCN(CC(C)(C)O)S(=O)(=O)N(C)C(C)C. The molecule has 5 nitrogen and oxygen atoms in total. The van der Waals surface area contributed by atoms with Crippen molar-refractivity contribution < 1.29 is 13.5 Å². The minimum Gasteiger partial charge on any atom is -0.389 e. The van der Waals surface area contributed by atoms with Crippen molar-refractivity contribution in [1.29, 1.82) is 0 Å². The summed E-state index contributed by atoms with van der Waals surface area (Å²) in [4.78, 5) is 0. The van der Waals surface area contributed by atoms with Gasteiger partial charge in [-0.25, -0.2) is 0 Å². The van der Waals surface area contributed by atoms with Crippen LogP contribution in [0.3, 0.4) is 0 Å². The molecule has 0 radical (unpaired) electrons. The molecule has 0 atom stereocenters. The molecule has 0 amide bonds. The van der Waals surface area contributed by atoms with E-state index in [0.29, 0.717) is 6.54 Å². The van der Waals surface area contributed by atoms with Crippen LogP contribution in [0.25, 0.3) is 0 Å². The second-order valence-corrected chi connectivity index (χ2v) is 6.84. The molecule has 0 aliphatic carbocycles. The fourth-order valence-corrected chi connectivity index (χ4v) is 2.94. The van der Waals surface area contributed by atoms with Gasteiger partial charge in [-0.2, -0.15) is 17.0 Å². The lowest BCUT2D eigenvalue weighted by molar-refractivity contribution is 0.0584. The topological polar surface area (TPSA) is 60.9 Å². The van der Waals surface area contributed by atoms with Crippen LogP contribution in [0, 0.1) is 0 Å². The molecule has 0 aliphatic rings. The maximum atomic E-state index is 12.1. The highest BCUT2D eigenvalue weighted by Crippen LogP contribution is 2.14. The van der Waals surface area contributed by atoms with Gasteiger partial charge in [-0.05, 0) is 27.7 Å². The summed E-state index contributed by atoms with van der Waals surface area (Å²) in [6.07, 6.45) is 0. The number of aliphatic hydroxyl groups is 1. The third-order valence-electron chi connectivity index (χ3n) is 2.33. The van der Waals surface area contributed by atoms with Crippen LogP contribution >= 0.6 is 0 Å². The Kier molecular flexibility index (Phi) is 5.38. The third-order valence-corrected chi connectivity index (χ3v) is 4.52. The largest absolute Gasteiger partial charge is 0.389 e. The second kappa shape index (κ2) is 5.44. The maximum absolute atomic E-state index is 12.1. The average Bonchev–Trinajstić information content (AvgIpc) is 2.10. The van der Waals surface area contributed by atoms with E-state index in [1.54, 1.807) is 27.8 Å². The Labute approximate surface area is 99.2 Å². The minimum atomic E-state index is -3.48. The predicted octanol–water partition coefficient (Wildman–Crippen LogP) is 0.664. The van der Waals surface area contributed by atoms with E-state index in [9.17, 15) is 13.5 Å². The third kappa shape index (κ3) is 4.37. The van der Waals surface area contributed by atoms with E-state index in [4.69, 9.17) is 0 Å². The van der Waals surface area contributed by atoms with Crippen molar-refractivity contribution in [3.8, 4) is 0 Å². The van der Waals surface area contributed by atoms with Gasteiger partial charge < -0.3 is 5.11 Å². The van der Waals surface area contributed by atoms with Crippen molar-refractivity contribution in [1.82, 2.24) is 8.61 Å². The minimum absolute atomic E-state index is 0.0964. The molecular formula is C10H24N2O3S. The van der Waals surface area contributed by atoms with Gasteiger partial charge in [-0.15, -0.1) is 0 Å². The molecule has 1 N–H and O–H groups in total. The van der Waals surface area contributed by atoms with Gasteiger partial charge in [0.25, 0.3) is 10.2 Å². The lowest BCUT2D eigenvalue weighted by Gasteiger charge is -2.32. The lowest BCUT2D eigenvalue weighted by Crippen LogP contribution is -2.49.